The fourth-order valence-electron chi connectivity index (χ4n) is 2.87. The standard InChI is InChI=1S/C19H13BrClN5O2/c20-13-4-3-5-15(23-13)24-18(27)17-19(28)26(16-6-1-2-9-25(16)17)11-12-7-8-14(21)22-10-12/h1-10H,11H2,(H-,23,24,27,28). The molecule has 0 unspecified atom stereocenters. The smallest absolute Gasteiger partial charge is 0.300 e. The summed E-state index contributed by atoms with van der Waals surface area (Å²) in [6.07, 6.45) is 3.28. The molecule has 0 saturated carbocycles. The van der Waals surface area contributed by atoms with Gasteiger partial charge in [0.2, 0.25) is 5.69 Å². The first-order valence-electron chi connectivity index (χ1n) is 8.27. The van der Waals surface area contributed by atoms with Gasteiger partial charge in [-0.25, -0.2) is 14.5 Å². The summed E-state index contributed by atoms with van der Waals surface area (Å²) in [5, 5.41) is 16.1. The van der Waals surface area contributed by atoms with Gasteiger partial charge in [-0.15, -0.1) is 0 Å². The van der Waals surface area contributed by atoms with E-state index < -0.39 is 11.8 Å². The number of halogens is 2. The number of pyridine rings is 3. The van der Waals surface area contributed by atoms with Crippen molar-refractivity contribution in [1.82, 2.24) is 14.4 Å². The topological polar surface area (TPSA) is 86.2 Å². The molecule has 0 aliphatic carbocycles. The van der Waals surface area contributed by atoms with Gasteiger partial charge in [0, 0.05) is 17.8 Å². The fourth-order valence-corrected chi connectivity index (χ4v) is 3.33. The zero-order valence-corrected chi connectivity index (χ0v) is 16.7. The lowest BCUT2D eigenvalue weighted by Crippen LogP contribution is -2.37. The van der Waals surface area contributed by atoms with Gasteiger partial charge in [0.15, 0.2) is 0 Å². The number of anilines is 1. The molecule has 140 valence electrons. The number of hydrogen-bond acceptors (Lipinski definition) is 4. The third kappa shape index (κ3) is 3.56. The summed E-state index contributed by atoms with van der Waals surface area (Å²) >= 11 is 9.09. The average molecular weight is 459 g/mol. The molecule has 4 heterocycles. The van der Waals surface area contributed by atoms with Crippen molar-refractivity contribution in [3.05, 3.63) is 81.9 Å². The minimum Gasteiger partial charge on any atom is -0.839 e. The van der Waals surface area contributed by atoms with Gasteiger partial charge in [0.25, 0.3) is 11.6 Å². The van der Waals surface area contributed by atoms with Crippen LogP contribution in [0.1, 0.15) is 16.1 Å². The highest BCUT2D eigenvalue weighted by Gasteiger charge is 2.25. The van der Waals surface area contributed by atoms with Crippen molar-refractivity contribution in [3.63, 3.8) is 0 Å². The molecule has 9 heteroatoms. The Labute approximate surface area is 173 Å². The molecule has 0 radical (unpaired) electrons. The Kier molecular flexibility index (Phi) is 4.97. The molecule has 0 aliphatic heterocycles. The SMILES string of the molecule is O=C(Nc1cccc(Br)n1)c1c([O-])[n+](Cc2ccc(Cl)nc2)c2ccccn12. The summed E-state index contributed by atoms with van der Waals surface area (Å²) in [7, 11) is 0. The van der Waals surface area contributed by atoms with Gasteiger partial charge in [-0.1, -0.05) is 29.8 Å². The molecule has 0 atom stereocenters. The monoisotopic (exact) mass is 457 g/mol. The van der Waals surface area contributed by atoms with Crippen LogP contribution in [-0.2, 0) is 6.54 Å². The maximum Gasteiger partial charge on any atom is 0.300 e. The maximum atomic E-state index is 13.1. The molecule has 7 nitrogen and oxygen atoms in total. The van der Waals surface area contributed by atoms with Crippen LogP contribution in [0.3, 0.4) is 0 Å². The normalized spacial score (nSPS) is 10.9. The Bertz CT molecular complexity index is 1180. The van der Waals surface area contributed by atoms with Crippen molar-refractivity contribution in [2.24, 2.45) is 0 Å². The van der Waals surface area contributed by atoms with Crippen LogP contribution in [0.2, 0.25) is 5.15 Å². The summed E-state index contributed by atoms with van der Waals surface area (Å²) < 4.78 is 3.67. The molecule has 0 spiro atoms. The molecule has 0 bridgehead atoms. The van der Waals surface area contributed by atoms with Crippen LogP contribution in [-0.4, -0.2) is 20.3 Å². The Morgan fingerprint density at radius 1 is 1.21 bits per heavy atom. The van der Waals surface area contributed by atoms with Crippen LogP contribution in [0.4, 0.5) is 5.82 Å². The molecule has 0 saturated heterocycles. The highest BCUT2D eigenvalue weighted by molar-refractivity contribution is 9.10. The first-order valence-corrected chi connectivity index (χ1v) is 9.44. The predicted octanol–water partition coefficient (Wildman–Crippen LogP) is 2.81. The van der Waals surface area contributed by atoms with Gasteiger partial charge >= 0.3 is 0 Å². The number of nitrogens with one attached hydrogen (secondary N) is 1. The van der Waals surface area contributed by atoms with E-state index in [1.807, 2.05) is 6.07 Å². The third-order valence-electron chi connectivity index (χ3n) is 4.10. The summed E-state index contributed by atoms with van der Waals surface area (Å²) in [6.45, 7) is 0.263. The number of nitrogens with zero attached hydrogens (tertiary/aromatic N) is 4. The van der Waals surface area contributed by atoms with Crippen molar-refractivity contribution in [2.45, 2.75) is 6.54 Å². The fraction of sp³-hybridized carbons (Fsp3) is 0.0526. The van der Waals surface area contributed by atoms with E-state index in [9.17, 15) is 9.90 Å². The first-order chi connectivity index (χ1) is 13.5. The zero-order chi connectivity index (χ0) is 19.7. The lowest BCUT2D eigenvalue weighted by molar-refractivity contribution is -0.704. The van der Waals surface area contributed by atoms with E-state index in [2.05, 4.69) is 31.2 Å². The van der Waals surface area contributed by atoms with Crippen molar-refractivity contribution < 1.29 is 14.5 Å². The minimum atomic E-state index is -0.537. The second kappa shape index (κ2) is 7.57. The highest BCUT2D eigenvalue weighted by atomic mass is 79.9. The number of amides is 1. The summed E-state index contributed by atoms with van der Waals surface area (Å²) in [5.41, 5.74) is 1.39. The molecule has 0 fully saturated rings. The van der Waals surface area contributed by atoms with Gasteiger partial charge in [-0.3, -0.25) is 4.79 Å². The number of aromatic nitrogens is 4. The Morgan fingerprint density at radius 2 is 2.07 bits per heavy atom. The molecule has 0 aliphatic rings. The molecular formula is C19H13BrClN5O2. The average Bonchev–Trinajstić information content (AvgIpc) is 2.95. The summed E-state index contributed by atoms with van der Waals surface area (Å²) in [6, 6.07) is 13.9. The third-order valence-corrected chi connectivity index (χ3v) is 4.77. The second-order valence-corrected chi connectivity index (χ2v) is 7.16. The number of hydrogen-bond donors (Lipinski definition) is 1. The van der Waals surface area contributed by atoms with Crippen LogP contribution in [0.5, 0.6) is 5.88 Å². The molecule has 0 aromatic carbocycles. The van der Waals surface area contributed by atoms with E-state index in [-0.39, 0.29) is 12.2 Å². The lowest BCUT2D eigenvalue weighted by atomic mass is 10.3. The van der Waals surface area contributed by atoms with Crippen LogP contribution in [0.15, 0.2) is 65.5 Å². The predicted molar refractivity (Wildman–Crippen MR) is 105 cm³/mol. The van der Waals surface area contributed by atoms with Gasteiger partial charge in [-0.2, -0.15) is 4.40 Å². The van der Waals surface area contributed by atoms with E-state index in [0.29, 0.717) is 21.2 Å². The Morgan fingerprint density at radius 3 is 2.82 bits per heavy atom. The quantitative estimate of drug-likeness (QED) is 0.376. The van der Waals surface area contributed by atoms with Gasteiger partial charge in [0.05, 0.1) is 6.20 Å². The Balaban J connectivity index is 1.75. The van der Waals surface area contributed by atoms with E-state index in [4.69, 9.17) is 11.6 Å². The van der Waals surface area contributed by atoms with Crippen molar-refractivity contribution >= 4 is 44.9 Å². The van der Waals surface area contributed by atoms with E-state index in [1.54, 1.807) is 59.3 Å². The van der Waals surface area contributed by atoms with Crippen LogP contribution in [0.25, 0.3) is 5.65 Å². The van der Waals surface area contributed by atoms with Crippen LogP contribution >= 0.6 is 27.5 Å². The van der Waals surface area contributed by atoms with Gasteiger partial charge in [-0.05, 0) is 40.2 Å². The van der Waals surface area contributed by atoms with Crippen LogP contribution in [0, 0.1) is 0 Å². The maximum absolute atomic E-state index is 13.1. The van der Waals surface area contributed by atoms with Crippen LogP contribution < -0.4 is 15.0 Å². The highest BCUT2D eigenvalue weighted by Crippen LogP contribution is 2.18. The molecule has 1 N–H and O–H groups in total. The largest absolute Gasteiger partial charge is 0.839 e. The molecule has 28 heavy (non-hydrogen) atoms. The number of carbonyl (C=O) groups excluding carboxylic acids is 1. The van der Waals surface area contributed by atoms with Crippen molar-refractivity contribution in [2.75, 3.05) is 5.32 Å². The van der Waals surface area contributed by atoms with E-state index in [0.717, 1.165) is 5.56 Å². The summed E-state index contributed by atoms with van der Waals surface area (Å²) in [4.78, 5) is 21.1. The van der Waals surface area contributed by atoms with Gasteiger partial charge in [0.1, 0.15) is 28.0 Å². The number of fused-ring (bicyclic) bond motifs is 1. The molecule has 4 rings (SSSR count). The van der Waals surface area contributed by atoms with E-state index in [1.165, 1.54) is 4.57 Å². The molecule has 1 amide bonds. The van der Waals surface area contributed by atoms with E-state index >= 15 is 0 Å². The number of rotatable bonds is 4. The summed E-state index contributed by atoms with van der Waals surface area (Å²) in [5.74, 6) is -0.600. The number of carbonyl (C=O) groups is 1. The molecule has 4 aromatic rings. The Hall–Kier alpha value is -2.97. The molecule has 4 aromatic heterocycles. The van der Waals surface area contributed by atoms with Crippen molar-refractivity contribution in [1.29, 1.82) is 0 Å². The first kappa shape index (κ1) is 18.4. The minimum absolute atomic E-state index is 0.000650. The van der Waals surface area contributed by atoms with Gasteiger partial charge < -0.3 is 10.4 Å². The zero-order valence-electron chi connectivity index (χ0n) is 14.3. The van der Waals surface area contributed by atoms with Crippen molar-refractivity contribution in [3.8, 4) is 5.88 Å². The lowest BCUT2D eigenvalue weighted by Gasteiger charge is -2.07. The second-order valence-electron chi connectivity index (χ2n) is 5.96. The molecular weight excluding hydrogens is 446 g/mol. The number of imidazole rings is 1.